The van der Waals surface area contributed by atoms with Gasteiger partial charge in [-0.05, 0) is 6.42 Å². The summed E-state index contributed by atoms with van der Waals surface area (Å²) < 4.78 is 11.0. The van der Waals surface area contributed by atoms with E-state index in [2.05, 4.69) is 16.8 Å². The Kier molecular flexibility index (Phi) is 13.9. The zero-order valence-electron chi connectivity index (χ0n) is 18.7. The highest BCUT2D eigenvalue weighted by molar-refractivity contribution is 5.93. The van der Waals surface area contributed by atoms with Gasteiger partial charge in [-0.25, -0.2) is 9.59 Å². The monoisotopic (exact) mass is 408 g/mol. The molecule has 29 heavy (non-hydrogen) atoms. The number of nitrogens with zero attached hydrogens (tertiary/aromatic N) is 2. The van der Waals surface area contributed by atoms with Gasteiger partial charge in [0.1, 0.15) is 5.69 Å². The highest BCUT2D eigenvalue weighted by atomic mass is 16.5. The van der Waals surface area contributed by atoms with Crippen molar-refractivity contribution in [1.82, 2.24) is 9.78 Å². The Balaban J connectivity index is 2.12. The van der Waals surface area contributed by atoms with Gasteiger partial charge in [0, 0.05) is 12.6 Å². The van der Waals surface area contributed by atoms with Crippen LogP contribution in [0.5, 0.6) is 0 Å². The lowest BCUT2D eigenvalue weighted by atomic mass is 10.0. The van der Waals surface area contributed by atoms with Crippen molar-refractivity contribution in [2.45, 2.75) is 103 Å². The molecule has 0 radical (unpaired) electrons. The van der Waals surface area contributed by atoms with Crippen molar-refractivity contribution in [1.29, 1.82) is 0 Å². The van der Waals surface area contributed by atoms with Crippen LogP contribution in [0.3, 0.4) is 0 Å². The molecular formula is C23H40N2O4. The topological polar surface area (TPSA) is 70.4 Å². The number of carbonyl (C=O) groups is 2. The van der Waals surface area contributed by atoms with Gasteiger partial charge in [0.05, 0.1) is 14.2 Å². The van der Waals surface area contributed by atoms with Crippen LogP contribution in [0.2, 0.25) is 0 Å². The summed E-state index contributed by atoms with van der Waals surface area (Å²) in [6.45, 7) is 2.86. The van der Waals surface area contributed by atoms with E-state index in [4.69, 9.17) is 4.74 Å². The Morgan fingerprint density at radius 2 is 1.21 bits per heavy atom. The van der Waals surface area contributed by atoms with Crippen molar-refractivity contribution in [3.63, 3.8) is 0 Å². The van der Waals surface area contributed by atoms with Gasteiger partial charge in [-0.2, -0.15) is 5.10 Å². The van der Waals surface area contributed by atoms with Crippen molar-refractivity contribution >= 4 is 11.9 Å². The molecule has 6 nitrogen and oxygen atoms in total. The van der Waals surface area contributed by atoms with E-state index < -0.39 is 11.9 Å². The summed E-state index contributed by atoms with van der Waals surface area (Å²) in [6.07, 6.45) is 18.1. The highest BCUT2D eigenvalue weighted by Crippen LogP contribution is 2.14. The number of ether oxygens (including phenoxy) is 2. The summed E-state index contributed by atoms with van der Waals surface area (Å²) in [6, 6.07) is 1.43. The molecule has 0 amide bonds. The van der Waals surface area contributed by atoms with E-state index in [9.17, 15) is 9.59 Å². The largest absolute Gasteiger partial charge is 0.464 e. The number of aryl methyl sites for hydroxylation is 1. The Morgan fingerprint density at radius 3 is 1.66 bits per heavy atom. The minimum absolute atomic E-state index is 0.137. The predicted octanol–water partition coefficient (Wildman–Crippen LogP) is 5.94. The quantitative estimate of drug-likeness (QED) is 0.236. The summed E-state index contributed by atoms with van der Waals surface area (Å²) in [4.78, 5) is 23.5. The van der Waals surface area contributed by atoms with Crippen LogP contribution in [0, 0.1) is 0 Å². The molecule has 0 saturated heterocycles. The first-order chi connectivity index (χ1) is 14.1. The first-order valence-electron chi connectivity index (χ1n) is 11.4. The molecule has 1 aromatic rings. The minimum Gasteiger partial charge on any atom is -0.464 e. The molecule has 0 atom stereocenters. The lowest BCUT2D eigenvalue weighted by Gasteiger charge is -2.06. The Morgan fingerprint density at radius 1 is 0.759 bits per heavy atom. The van der Waals surface area contributed by atoms with Gasteiger partial charge in [0.25, 0.3) is 0 Å². The Hall–Kier alpha value is -1.85. The molecule has 1 heterocycles. The number of hydrogen-bond acceptors (Lipinski definition) is 5. The lowest BCUT2D eigenvalue weighted by molar-refractivity contribution is 0.0580. The van der Waals surface area contributed by atoms with Gasteiger partial charge in [-0.15, -0.1) is 0 Å². The third-order valence-corrected chi connectivity index (χ3v) is 5.29. The van der Waals surface area contributed by atoms with Crippen molar-refractivity contribution in [3.8, 4) is 0 Å². The second-order valence-electron chi connectivity index (χ2n) is 7.72. The third kappa shape index (κ3) is 10.5. The molecule has 0 aliphatic rings. The van der Waals surface area contributed by atoms with Gasteiger partial charge in [-0.1, -0.05) is 90.4 Å². The van der Waals surface area contributed by atoms with E-state index >= 15 is 0 Å². The number of unbranched alkanes of at least 4 members (excludes halogenated alkanes) is 13. The molecular weight excluding hydrogens is 368 g/mol. The molecule has 0 aliphatic carbocycles. The second-order valence-corrected chi connectivity index (χ2v) is 7.72. The minimum atomic E-state index is -0.546. The van der Waals surface area contributed by atoms with E-state index in [1.54, 1.807) is 4.68 Å². The molecule has 0 fully saturated rings. The van der Waals surface area contributed by atoms with Crippen molar-refractivity contribution in [3.05, 3.63) is 17.5 Å². The van der Waals surface area contributed by atoms with Crippen LogP contribution in [0.15, 0.2) is 6.07 Å². The predicted molar refractivity (Wildman–Crippen MR) is 115 cm³/mol. The maximum atomic E-state index is 11.9. The zero-order valence-corrected chi connectivity index (χ0v) is 18.7. The molecule has 1 aromatic heterocycles. The van der Waals surface area contributed by atoms with Gasteiger partial charge in [0.15, 0.2) is 5.69 Å². The van der Waals surface area contributed by atoms with Crippen LogP contribution in [0.4, 0.5) is 0 Å². The first kappa shape index (κ1) is 25.2. The normalized spacial score (nSPS) is 10.9. The van der Waals surface area contributed by atoms with Crippen LogP contribution < -0.4 is 0 Å². The van der Waals surface area contributed by atoms with Gasteiger partial charge in [0.2, 0.25) is 0 Å². The molecule has 0 saturated carbocycles. The fraction of sp³-hybridized carbons (Fsp3) is 0.783. The van der Waals surface area contributed by atoms with Gasteiger partial charge in [-0.3, -0.25) is 4.68 Å². The molecule has 0 unspecified atom stereocenters. The molecule has 0 aliphatic heterocycles. The summed E-state index contributed by atoms with van der Waals surface area (Å²) >= 11 is 0. The number of rotatable bonds is 17. The number of hydrogen-bond donors (Lipinski definition) is 0. The van der Waals surface area contributed by atoms with Crippen LogP contribution in [-0.2, 0) is 16.0 Å². The van der Waals surface area contributed by atoms with Gasteiger partial charge >= 0.3 is 11.9 Å². The maximum absolute atomic E-state index is 11.9. The standard InChI is InChI=1S/C23H40N2O4/c1-4-5-6-7-8-9-10-11-12-13-14-15-16-17-18-25-21(23(27)29-3)19-20(24-25)22(26)28-2/h19H,4-18H2,1-3H3. The third-order valence-electron chi connectivity index (χ3n) is 5.29. The number of methoxy groups -OCH3 is 2. The molecule has 166 valence electrons. The molecule has 0 spiro atoms. The van der Waals surface area contributed by atoms with Crippen LogP contribution in [0.25, 0.3) is 0 Å². The molecule has 0 N–H and O–H groups in total. The van der Waals surface area contributed by atoms with Crippen LogP contribution >= 0.6 is 0 Å². The van der Waals surface area contributed by atoms with Crippen LogP contribution in [-0.4, -0.2) is 35.9 Å². The van der Waals surface area contributed by atoms with Crippen LogP contribution in [0.1, 0.15) is 118 Å². The van der Waals surface area contributed by atoms with E-state index in [0.717, 1.165) is 12.8 Å². The van der Waals surface area contributed by atoms with E-state index in [1.807, 2.05) is 0 Å². The zero-order chi connectivity index (χ0) is 21.3. The fourth-order valence-corrected chi connectivity index (χ4v) is 3.52. The van der Waals surface area contributed by atoms with Gasteiger partial charge < -0.3 is 9.47 Å². The average Bonchev–Trinajstić information content (AvgIpc) is 3.17. The van der Waals surface area contributed by atoms with Crippen molar-refractivity contribution < 1.29 is 19.1 Å². The van der Waals surface area contributed by atoms with E-state index in [0.29, 0.717) is 12.2 Å². The number of esters is 2. The van der Waals surface area contributed by atoms with E-state index in [-0.39, 0.29) is 5.69 Å². The summed E-state index contributed by atoms with van der Waals surface area (Å²) in [5.41, 5.74) is 0.431. The maximum Gasteiger partial charge on any atom is 0.358 e. The molecule has 6 heteroatoms. The number of carbonyl (C=O) groups excluding carboxylic acids is 2. The summed E-state index contributed by atoms with van der Waals surface area (Å²) in [7, 11) is 2.62. The van der Waals surface area contributed by atoms with Crippen molar-refractivity contribution in [2.24, 2.45) is 0 Å². The van der Waals surface area contributed by atoms with E-state index in [1.165, 1.54) is 97.3 Å². The molecule has 0 aromatic carbocycles. The van der Waals surface area contributed by atoms with Crippen molar-refractivity contribution in [2.75, 3.05) is 14.2 Å². The first-order valence-corrected chi connectivity index (χ1v) is 11.4. The molecule has 0 bridgehead atoms. The second kappa shape index (κ2) is 16.0. The highest BCUT2D eigenvalue weighted by Gasteiger charge is 2.19. The number of aromatic nitrogens is 2. The summed E-state index contributed by atoms with van der Waals surface area (Å²) in [5.74, 6) is -1.03. The Bertz CT molecular complexity index is 583. The fourth-order valence-electron chi connectivity index (χ4n) is 3.52. The average molecular weight is 409 g/mol. The molecule has 1 rings (SSSR count). The Labute approximate surface area is 176 Å². The lowest BCUT2D eigenvalue weighted by Crippen LogP contribution is -2.12. The smallest absolute Gasteiger partial charge is 0.358 e. The SMILES string of the molecule is CCCCCCCCCCCCCCCCn1nc(C(=O)OC)cc1C(=O)OC. The summed E-state index contributed by atoms with van der Waals surface area (Å²) in [5, 5.41) is 4.19.